The third kappa shape index (κ3) is 4.77. The average Bonchev–Trinajstić information content (AvgIpc) is 2.89. The van der Waals surface area contributed by atoms with Gasteiger partial charge in [0, 0.05) is 42.6 Å². The monoisotopic (exact) mass is 449 g/mol. The van der Waals surface area contributed by atoms with Crippen molar-refractivity contribution in [2.24, 2.45) is 0 Å². The molecule has 0 saturated carbocycles. The van der Waals surface area contributed by atoms with Gasteiger partial charge in [-0.25, -0.2) is 13.2 Å². The predicted octanol–water partition coefficient (Wildman–Crippen LogP) is 3.11. The van der Waals surface area contributed by atoms with E-state index in [0.29, 0.717) is 30.2 Å². The topological polar surface area (TPSA) is 99.8 Å². The van der Waals surface area contributed by atoms with Crippen LogP contribution < -0.4 is 5.56 Å². The fourth-order valence-electron chi connectivity index (χ4n) is 3.96. The Labute approximate surface area is 183 Å². The van der Waals surface area contributed by atoms with E-state index in [1.165, 1.54) is 4.31 Å². The van der Waals surface area contributed by atoms with E-state index < -0.39 is 27.8 Å². The highest BCUT2D eigenvalue weighted by atomic mass is 32.2. The van der Waals surface area contributed by atoms with E-state index >= 15 is 0 Å². The van der Waals surface area contributed by atoms with Gasteiger partial charge < -0.3 is 14.6 Å². The minimum Gasteiger partial charge on any atom is -0.444 e. The summed E-state index contributed by atoms with van der Waals surface area (Å²) in [5.41, 5.74) is -0.166. The van der Waals surface area contributed by atoms with E-state index in [4.69, 9.17) is 4.74 Å². The first-order valence-corrected chi connectivity index (χ1v) is 12.0. The summed E-state index contributed by atoms with van der Waals surface area (Å²) in [7, 11) is -3.89. The Hall–Kier alpha value is -2.39. The number of sulfonamides is 1. The highest BCUT2D eigenvalue weighted by Crippen LogP contribution is 2.29. The molecule has 3 rings (SSSR count). The van der Waals surface area contributed by atoms with Crippen LogP contribution in [0.15, 0.2) is 34.1 Å². The van der Waals surface area contributed by atoms with Crippen LogP contribution in [0.1, 0.15) is 46.6 Å². The minimum atomic E-state index is -3.89. The van der Waals surface area contributed by atoms with Crippen molar-refractivity contribution in [1.82, 2.24) is 14.2 Å². The van der Waals surface area contributed by atoms with Crippen LogP contribution in [0.3, 0.4) is 0 Å². The van der Waals surface area contributed by atoms with Crippen LogP contribution in [0.4, 0.5) is 4.79 Å². The molecule has 1 atom stereocenters. The Morgan fingerprint density at radius 1 is 1.26 bits per heavy atom. The van der Waals surface area contributed by atoms with Crippen molar-refractivity contribution in [3.05, 3.63) is 40.3 Å². The van der Waals surface area contributed by atoms with Crippen LogP contribution in [0.2, 0.25) is 0 Å². The van der Waals surface area contributed by atoms with E-state index in [1.54, 1.807) is 57.0 Å². The Bertz CT molecular complexity index is 1130. The maximum atomic E-state index is 13.7. The molecule has 0 radical (unpaired) electrons. The lowest BCUT2D eigenvalue weighted by atomic mass is 10.1. The second-order valence-electron chi connectivity index (χ2n) is 8.92. The molecule has 0 bridgehead atoms. The summed E-state index contributed by atoms with van der Waals surface area (Å²) < 4.78 is 34.4. The first-order valence-electron chi connectivity index (χ1n) is 10.6. The Balaban J connectivity index is 1.99. The van der Waals surface area contributed by atoms with Crippen molar-refractivity contribution in [2.45, 2.75) is 64.0 Å². The third-order valence-corrected chi connectivity index (χ3v) is 7.43. The number of carbonyl (C=O) groups excluding carboxylic acids is 1. The lowest BCUT2D eigenvalue weighted by Gasteiger charge is -2.30. The quantitative estimate of drug-likeness (QED) is 0.776. The van der Waals surface area contributed by atoms with Gasteiger partial charge in [0.1, 0.15) is 5.60 Å². The number of aromatic nitrogens is 1. The zero-order valence-electron chi connectivity index (χ0n) is 18.8. The molecule has 8 nitrogen and oxygen atoms in total. The van der Waals surface area contributed by atoms with Gasteiger partial charge in [0.2, 0.25) is 10.0 Å². The number of benzene rings is 1. The number of nitrogens with zero attached hydrogens (tertiary/aromatic N) is 2. The molecule has 1 amide bonds. The molecular formula is C22H31N3O5S. The van der Waals surface area contributed by atoms with E-state index in [2.05, 4.69) is 4.98 Å². The molecule has 1 aliphatic heterocycles. The molecule has 1 aliphatic rings. The summed E-state index contributed by atoms with van der Waals surface area (Å²) >= 11 is 0. The number of aromatic amines is 1. The van der Waals surface area contributed by atoms with Gasteiger partial charge in [0.05, 0.1) is 4.90 Å². The summed E-state index contributed by atoms with van der Waals surface area (Å²) in [6.07, 6.45) is 2.22. The summed E-state index contributed by atoms with van der Waals surface area (Å²) in [5, 5.41) is 0.826. The lowest BCUT2D eigenvalue weighted by molar-refractivity contribution is 0.0244. The lowest BCUT2D eigenvalue weighted by Crippen LogP contribution is -2.45. The third-order valence-electron chi connectivity index (χ3n) is 5.37. The van der Waals surface area contributed by atoms with Gasteiger partial charge in [-0.3, -0.25) is 4.79 Å². The van der Waals surface area contributed by atoms with Crippen LogP contribution >= 0.6 is 0 Å². The minimum absolute atomic E-state index is 0.130. The molecule has 1 fully saturated rings. The van der Waals surface area contributed by atoms with Gasteiger partial charge in [-0.2, -0.15) is 4.31 Å². The fraction of sp³-hybridized carbons (Fsp3) is 0.545. The molecule has 1 unspecified atom stereocenters. The Morgan fingerprint density at radius 3 is 2.61 bits per heavy atom. The van der Waals surface area contributed by atoms with Gasteiger partial charge in [-0.05, 0) is 58.2 Å². The predicted molar refractivity (Wildman–Crippen MR) is 120 cm³/mol. The highest BCUT2D eigenvalue weighted by Gasteiger charge is 2.35. The normalized spacial score (nSPS) is 18.7. The molecule has 31 heavy (non-hydrogen) atoms. The van der Waals surface area contributed by atoms with Crippen LogP contribution in [0, 0.1) is 0 Å². The van der Waals surface area contributed by atoms with E-state index in [1.807, 2.05) is 6.92 Å². The molecule has 2 aromatic rings. The number of ether oxygens (including phenoxy) is 1. The molecule has 1 aromatic heterocycles. The number of fused-ring (bicyclic) bond motifs is 1. The zero-order valence-corrected chi connectivity index (χ0v) is 19.6. The largest absolute Gasteiger partial charge is 0.444 e. The van der Waals surface area contributed by atoms with E-state index in [-0.39, 0.29) is 23.5 Å². The molecule has 170 valence electrons. The number of amides is 1. The number of pyridine rings is 1. The fourth-order valence-corrected chi connectivity index (χ4v) is 5.87. The van der Waals surface area contributed by atoms with Crippen LogP contribution in [-0.4, -0.2) is 60.0 Å². The second kappa shape index (κ2) is 8.63. The summed E-state index contributed by atoms with van der Waals surface area (Å²) in [5.74, 6) is 0. The molecule has 0 aliphatic carbocycles. The van der Waals surface area contributed by atoms with Gasteiger partial charge in [0.25, 0.3) is 5.56 Å². The molecule has 1 saturated heterocycles. The number of aryl methyl sites for hydroxylation is 1. The number of H-pyrrole nitrogens is 1. The van der Waals surface area contributed by atoms with E-state index in [9.17, 15) is 18.0 Å². The highest BCUT2D eigenvalue weighted by molar-refractivity contribution is 7.89. The number of rotatable bonds is 3. The van der Waals surface area contributed by atoms with Gasteiger partial charge in [0.15, 0.2) is 0 Å². The maximum Gasteiger partial charge on any atom is 0.410 e. The Kier molecular flexibility index (Phi) is 6.48. The zero-order chi connectivity index (χ0) is 23.0. The molecule has 0 spiro atoms. The smallest absolute Gasteiger partial charge is 0.410 e. The van der Waals surface area contributed by atoms with Crippen molar-refractivity contribution < 1.29 is 17.9 Å². The van der Waals surface area contributed by atoms with Crippen molar-refractivity contribution >= 4 is 26.9 Å². The molecular weight excluding hydrogens is 418 g/mol. The van der Waals surface area contributed by atoms with E-state index in [0.717, 1.165) is 5.56 Å². The van der Waals surface area contributed by atoms with Gasteiger partial charge in [-0.1, -0.05) is 13.0 Å². The van der Waals surface area contributed by atoms with Crippen molar-refractivity contribution in [1.29, 1.82) is 0 Å². The summed E-state index contributed by atoms with van der Waals surface area (Å²) in [4.78, 5) is 29.2. The average molecular weight is 450 g/mol. The van der Waals surface area contributed by atoms with Gasteiger partial charge in [-0.15, -0.1) is 0 Å². The number of carbonyl (C=O) groups is 1. The van der Waals surface area contributed by atoms with Crippen LogP contribution in [0.5, 0.6) is 0 Å². The maximum absolute atomic E-state index is 13.7. The first kappa shape index (κ1) is 23.3. The first-order chi connectivity index (χ1) is 14.5. The standard InChI is InChI=1S/C22H31N3O5S/c1-6-16-13-23-20(26)17-9-7-10-18(19(16)17)31(28,29)25-12-8-11-24(14-15(25)2)21(27)30-22(3,4)5/h7,9-10,13,15H,6,8,11-12,14H2,1-5H3,(H,23,26). The second-order valence-corrected chi connectivity index (χ2v) is 10.8. The van der Waals surface area contributed by atoms with Crippen molar-refractivity contribution in [2.75, 3.05) is 19.6 Å². The van der Waals surface area contributed by atoms with Crippen molar-refractivity contribution in [3.63, 3.8) is 0 Å². The molecule has 2 heterocycles. The summed E-state index contributed by atoms with van der Waals surface area (Å²) in [6, 6.07) is 4.35. The number of hydrogen-bond donors (Lipinski definition) is 1. The molecule has 1 N–H and O–H groups in total. The SMILES string of the molecule is CCc1c[nH]c(=O)c2cccc(S(=O)(=O)N3CCCN(C(=O)OC(C)(C)C)CC3C)c12. The number of nitrogens with one attached hydrogen (secondary N) is 1. The van der Waals surface area contributed by atoms with Gasteiger partial charge >= 0.3 is 6.09 Å². The van der Waals surface area contributed by atoms with Crippen molar-refractivity contribution in [3.8, 4) is 0 Å². The molecule has 9 heteroatoms. The molecule has 1 aromatic carbocycles. The number of hydrogen-bond acceptors (Lipinski definition) is 5. The summed E-state index contributed by atoms with van der Waals surface area (Å²) in [6.45, 7) is 10.1. The van der Waals surface area contributed by atoms with Crippen LogP contribution in [-0.2, 0) is 21.2 Å². The van der Waals surface area contributed by atoms with Crippen LogP contribution in [0.25, 0.3) is 10.8 Å². The Morgan fingerprint density at radius 2 is 1.97 bits per heavy atom.